The fourth-order valence-corrected chi connectivity index (χ4v) is 1.92. The Morgan fingerprint density at radius 1 is 1.22 bits per heavy atom. The molecule has 1 saturated heterocycles. The third kappa shape index (κ3) is 2.36. The fourth-order valence-electron chi connectivity index (χ4n) is 1.92. The molecule has 1 unspecified atom stereocenters. The van der Waals surface area contributed by atoms with E-state index in [1.165, 1.54) is 11.9 Å². The third-order valence-corrected chi connectivity index (χ3v) is 3.16. The minimum absolute atomic E-state index is 0.0659. The molecular weight excluding hydrogens is 230 g/mol. The summed E-state index contributed by atoms with van der Waals surface area (Å²) in [6, 6.07) is 7.58. The van der Waals surface area contributed by atoms with Crippen LogP contribution in [0.25, 0.3) is 0 Å². The molecule has 1 aromatic rings. The second kappa shape index (κ2) is 4.78. The minimum Gasteiger partial charge on any atom is -0.353 e. The molecule has 0 aromatic heterocycles. The van der Waals surface area contributed by atoms with Crippen LogP contribution in [0.5, 0.6) is 0 Å². The Morgan fingerprint density at radius 2 is 1.83 bits per heavy atom. The molecule has 0 aliphatic carbocycles. The zero-order chi connectivity index (χ0) is 13.3. The number of benzene rings is 1. The zero-order valence-electron chi connectivity index (χ0n) is 10.6. The second-order valence-corrected chi connectivity index (χ2v) is 4.59. The molecule has 18 heavy (non-hydrogen) atoms. The van der Waals surface area contributed by atoms with E-state index in [1.54, 1.807) is 4.90 Å². The van der Waals surface area contributed by atoms with Crippen molar-refractivity contribution in [2.45, 2.75) is 13.0 Å². The van der Waals surface area contributed by atoms with Crippen molar-refractivity contribution in [2.75, 3.05) is 25.0 Å². The standard InChI is InChI=1S/C13H17N3O2/c1-9(14)10-4-3-5-11(6-10)16-7-12(17)15(2)13(18)8-16/h3-6,9H,7-8,14H2,1-2H3. The van der Waals surface area contributed by atoms with Crippen LogP contribution in [0.1, 0.15) is 18.5 Å². The Balaban J connectivity index is 2.24. The van der Waals surface area contributed by atoms with Crippen molar-refractivity contribution in [2.24, 2.45) is 5.73 Å². The number of amides is 2. The molecule has 0 saturated carbocycles. The highest BCUT2D eigenvalue weighted by molar-refractivity contribution is 6.02. The van der Waals surface area contributed by atoms with E-state index in [9.17, 15) is 9.59 Å². The van der Waals surface area contributed by atoms with Crippen molar-refractivity contribution in [1.82, 2.24) is 4.90 Å². The van der Waals surface area contributed by atoms with E-state index in [1.807, 2.05) is 31.2 Å². The van der Waals surface area contributed by atoms with Crippen molar-refractivity contribution in [3.8, 4) is 0 Å². The van der Waals surface area contributed by atoms with Crippen LogP contribution in [-0.2, 0) is 9.59 Å². The Morgan fingerprint density at radius 3 is 2.39 bits per heavy atom. The quantitative estimate of drug-likeness (QED) is 0.773. The first-order chi connectivity index (χ1) is 8.49. The maximum Gasteiger partial charge on any atom is 0.248 e. The number of imide groups is 1. The van der Waals surface area contributed by atoms with Gasteiger partial charge in [0.1, 0.15) is 0 Å². The summed E-state index contributed by atoms with van der Waals surface area (Å²) in [4.78, 5) is 26.2. The molecule has 1 atom stereocenters. The molecule has 2 N–H and O–H groups in total. The molecule has 5 heteroatoms. The van der Waals surface area contributed by atoms with Gasteiger partial charge in [0.2, 0.25) is 11.8 Å². The number of rotatable bonds is 2. The van der Waals surface area contributed by atoms with Crippen LogP contribution in [0.3, 0.4) is 0 Å². The maximum absolute atomic E-state index is 11.6. The van der Waals surface area contributed by atoms with Gasteiger partial charge in [0.25, 0.3) is 0 Å². The number of anilines is 1. The molecule has 0 radical (unpaired) electrons. The van der Waals surface area contributed by atoms with Crippen LogP contribution in [0.2, 0.25) is 0 Å². The molecule has 1 heterocycles. The van der Waals surface area contributed by atoms with Gasteiger partial charge in [0, 0.05) is 18.8 Å². The molecule has 0 bridgehead atoms. The molecule has 1 aliphatic rings. The molecule has 1 fully saturated rings. The number of hydrogen-bond acceptors (Lipinski definition) is 4. The summed E-state index contributed by atoms with van der Waals surface area (Å²) >= 11 is 0. The average molecular weight is 247 g/mol. The summed E-state index contributed by atoms with van der Waals surface area (Å²) in [7, 11) is 1.51. The number of hydrogen-bond donors (Lipinski definition) is 1. The van der Waals surface area contributed by atoms with Gasteiger partial charge in [-0.15, -0.1) is 0 Å². The topological polar surface area (TPSA) is 66.6 Å². The predicted octanol–water partition coefficient (Wildman–Crippen LogP) is 0.511. The first-order valence-electron chi connectivity index (χ1n) is 5.89. The van der Waals surface area contributed by atoms with Crippen molar-refractivity contribution in [3.63, 3.8) is 0 Å². The van der Waals surface area contributed by atoms with E-state index in [0.29, 0.717) is 0 Å². The summed E-state index contributed by atoms with van der Waals surface area (Å²) in [6.07, 6.45) is 0. The highest BCUT2D eigenvalue weighted by Crippen LogP contribution is 2.21. The van der Waals surface area contributed by atoms with Gasteiger partial charge in [-0.25, -0.2) is 0 Å². The summed E-state index contributed by atoms with van der Waals surface area (Å²) in [5, 5.41) is 0. The Kier molecular flexibility index (Phi) is 3.34. The van der Waals surface area contributed by atoms with Gasteiger partial charge < -0.3 is 10.6 Å². The normalized spacial score (nSPS) is 18.2. The van der Waals surface area contributed by atoms with Crippen LogP contribution in [-0.4, -0.2) is 36.9 Å². The van der Waals surface area contributed by atoms with Crippen molar-refractivity contribution in [1.29, 1.82) is 0 Å². The lowest BCUT2D eigenvalue weighted by Crippen LogP contribution is -2.52. The molecule has 5 nitrogen and oxygen atoms in total. The average Bonchev–Trinajstić information content (AvgIpc) is 2.35. The molecule has 1 aromatic carbocycles. The monoisotopic (exact) mass is 247 g/mol. The van der Waals surface area contributed by atoms with Crippen LogP contribution in [0, 0.1) is 0 Å². The number of carbonyl (C=O) groups is 2. The Labute approximate surface area is 106 Å². The van der Waals surface area contributed by atoms with Crippen molar-refractivity contribution < 1.29 is 9.59 Å². The van der Waals surface area contributed by atoms with Crippen LogP contribution < -0.4 is 10.6 Å². The van der Waals surface area contributed by atoms with Gasteiger partial charge in [-0.3, -0.25) is 14.5 Å². The molecule has 96 valence electrons. The van der Waals surface area contributed by atoms with Crippen molar-refractivity contribution >= 4 is 17.5 Å². The lowest BCUT2D eigenvalue weighted by atomic mass is 10.1. The molecule has 2 amide bonds. The van der Waals surface area contributed by atoms with E-state index in [-0.39, 0.29) is 30.9 Å². The van der Waals surface area contributed by atoms with Gasteiger partial charge in [-0.05, 0) is 24.6 Å². The Hall–Kier alpha value is -1.88. The molecule has 1 aliphatic heterocycles. The SMILES string of the molecule is CC(N)c1cccc(N2CC(=O)N(C)C(=O)C2)c1. The van der Waals surface area contributed by atoms with E-state index < -0.39 is 0 Å². The molecule has 2 rings (SSSR count). The second-order valence-electron chi connectivity index (χ2n) is 4.59. The predicted molar refractivity (Wildman–Crippen MR) is 69.0 cm³/mol. The van der Waals surface area contributed by atoms with E-state index in [4.69, 9.17) is 5.73 Å². The lowest BCUT2D eigenvalue weighted by Gasteiger charge is -2.32. The minimum atomic E-state index is -0.183. The summed E-state index contributed by atoms with van der Waals surface area (Å²) in [6.45, 7) is 2.36. The third-order valence-electron chi connectivity index (χ3n) is 3.16. The smallest absolute Gasteiger partial charge is 0.248 e. The van der Waals surface area contributed by atoms with Gasteiger partial charge >= 0.3 is 0 Å². The highest BCUT2D eigenvalue weighted by atomic mass is 16.2. The van der Waals surface area contributed by atoms with E-state index >= 15 is 0 Å². The van der Waals surface area contributed by atoms with Gasteiger partial charge in [0.15, 0.2) is 0 Å². The van der Waals surface area contributed by atoms with Crippen LogP contribution in [0.4, 0.5) is 5.69 Å². The summed E-state index contributed by atoms with van der Waals surface area (Å²) in [5.74, 6) is -0.366. The van der Waals surface area contributed by atoms with Gasteiger partial charge in [-0.2, -0.15) is 0 Å². The number of likely N-dealkylation sites (N-methyl/N-ethyl adjacent to an activating group) is 1. The maximum atomic E-state index is 11.6. The fraction of sp³-hybridized carbons (Fsp3) is 0.385. The lowest BCUT2D eigenvalue weighted by molar-refractivity contribution is -0.143. The molecular formula is C13H17N3O2. The number of piperazine rings is 1. The first-order valence-corrected chi connectivity index (χ1v) is 5.89. The number of nitrogens with two attached hydrogens (primary N) is 1. The van der Waals surface area contributed by atoms with Gasteiger partial charge in [0.05, 0.1) is 13.1 Å². The van der Waals surface area contributed by atoms with E-state index in [0.717, 1.165) is 11.3 Å². The van der Waals surface area contributed by atoms with Crippen LogP contribution in [0.15, 0.2) is 24.3 Å². The largest absolute Gasteiger partial charge is 0.353 e. The number of nitrogens with zero attached hydrogens (tertiary/aromatic N) is 2. The van der Waals surface area contributed by atoms with Crippen molar-refractivity contribution in [3.05, 3.63) is 29.8 Å². The summed E-state index contributed by atoms with van der Waals surface area (Å²) < 4.78 is 0. The first kappa shape index (κ1) is 12.6. The Bertz CT molecular complexity index is 467. The zero-order valence-corrected chi connectivity index (χ0v) is 10.6. The number of carbonyl (C=O) groups excluding carboxylic acids is 2. The van der Waals surface area contributed by atoms with Crippen LogP contribution >= 0.6 is 0 Å². The molecule has 0 spiro atoms. The van der Waals surface area contributed by atoms with Gasteiger partial charge in [-0.1, -0.05) is 12.1 Å². The summed E-state index contributed by atoms with van der Waals surface area (Å²) in [5.41, 5.74) is 7.68. The van der Waals surface area contributed by atoms with E-state index in [2.05, 4.69) is 0 Å². The highest BCUT2D eigenvalue weighted by Gasteiger charge is 2.28.